The summed E-state index contributed by atoms with van der Waals surface area (Å²) in [7, 11) is -3.55. The maximum absolute atomic E-state index is 12.2. The Hall–Kier alpha value is -1.60. The van der Waals surface area contributed by atoms with Crippen molar-refractivity contribution in [1.29, 1.82) is 0 Å². The van der Waals surface area contributed by atoms with E-state index in [1.54, 1.807) is 12.1 Å². The predicted molar refractivity (Wildman–Crippen MR) is 104 cm³/mol. The van der Waals surface area contributed by atoms with Gasteiger partial charge in [0, 0.05) is 6.54 Å². The van der Waals surface area contributed by atoms with Crippen molar-refractivity contribution in [3.63, 3.8) is 0 Å². The van der Waals surface area contributed by atoms with Crippen LogP contribution in [-0.4, -0.2) is 46.4 Å². The SMILES string of the molecule is Cc1ccccc1N(CC(=O)NCCOC1CCCCC1C)S(C)(=O)=O. The van der Waals surface area contributed by atoms with Crippen molar-refractivity contribution >= 4 is 21.6 Å². The molecule has 6 nitrogen and oxygen atoms in total. The van der Waals surface area contributed by atoms with E-state index in [2.05, 4.69) is 12.2 Å². The average molecular weight is 383 g/mol. The van der Waals surface area contributed by atoms with E-state index in [9.17, 15) is 13.2 Å². The summed E-state index contributed by atoms with van der Waals surface area (Å²) in [5, 5.41) is 2.76. The number of para-hydroxylation sites is 1. The smallest absolute Gasteiger partial charge is 0.240 e. The molecule has 0 heterocycles. The molecule has 0 bridgehead atoms. The monoisotopic (exact) mass is 382 g/mol. The average Bonchev–Trinajstić information content (AvgIpc) is 2.58. The number of carbonyl (C=O) groups is 1. The van der Waals surface area contributed by atoms with Gasteiger partial charge in [-0.05, 0) is 37.3 Å². The zero-order valence-electron chi connectivity index (χ0n) is 15.9. The summed E-state index contributed by atoms with van der Waals surface area (Å²) in [5.74, 6) is 0.222. The molecule has 7 heteroatoms. The summed E-state index contributed by atoms with van der Waals surface area (Å²) in [6, 6.07) is 7.13. The molecule has 0 radical (unpaired) electrons. The van der Waals surface area contributed by atoms with Gasteiger partial charge in [-0.2, -0.15) is 0 Å². The van der Waals surface area contributed by atoms with E-state index in [4.69, 9.17) is 4.74 Å². The Kier molecular flexibility index (Phi) is 7.46. The van der Waals surface area contributed by atoms with E-state index in [-0.39, 0.29) is 18.6 Å². The quantitative estimate of drug-likeness (QED) is 0.701. The molecule has 1 amide bonds. The fourth-order valence-electron chi connectivity index (χ4n) is 3.34. The van der Waals surface area contributed by atoms with E-state index in [0.29, 0.717) is 24.8 Å². The van der Waals surface area contributed by atoms with Gasteiger partial charge in [-0.25, -0.2) is 8.42 Å². The van der Waals surface area contributed by atoms with Crippen LogP contribution < -0.4 is 9.62 Å². The second kappa shape index (κ2) is 9.37. The highest BCUT2D eigenvalue weighted by atomic mass is 32.2. The molecule has 1 aromatic rings. The third kappa shape index (κ3) is 5.99. The predicted octanol–water partition coefficient (Wildman–Crippen LogP) is 2.47. The number of benzene rings is 1. The van der Waals surface area contributed by atoms with Crippen LogP contribution in [0.25, 0.3) is 0 Å². The van der Waals surface area contributed by atoms with Crippen LogP contribution in [-0.2, 0) is 19.6 Å². The minimum Gasteiger partial charge on any atom is -0.376 e. The van der Waals surface area contributed by atoms with Gasteiger partial charge in [-0.1, -0.05) is 38.0 Å². The first kappa shape index (κ1) is 20.7. The summed E-state index contributed by atoms with van der Waals surface area (Å²) in [6.07, 6.45) is 6.10. The molecule has 0 saturated heterocycles. The van der Waals surface area contributed by atoms with Crippen LogP contribution in [0.1, 0.15) is 38.2 Å². The lowest BCUT2D eigenvalue weighted by Crippen LogP contribution is -2.42. The Labute approximate surface area is 157 Å². The van der Waals surface area contributed by atoms with Gasteiger partial charge in [0.05, 0.1) is 24.7 Å². The molecule has 0 aromatic heterocycles. The van der Waals surface area contributed by atoms with Gasteiger partial charge in [0.15, 0.2) is 0 Å². The maximum atomic E-state index is 12.2. The Bertz CT molecular complexity index is 705. The largest absolute Gasteiger partial charge is 0.376 e. The van der Waals surface area contributed by atoms with Gasteiger partial charge in [-0.15, -0.1) is 0 Å². The van der Waals surface area contributed by atoms with E-state index in [1.807, 2.05) is 19.1 Å². The maximum Gasteiger partial charge on any atom is 0.240 e. The van der Waals surface area contributed by atoms with Gasteiger partial charge >= 0.3 is 0 Å². The fourth-order valence-corrected chi connectivity index (χ4v) is 4.26. The van der Waals surface area contributed by atoms with E-state index < -0.39 is 10.0 Å². The van der Waals surface area contributed by atoms with Crippen LogP contribution in [0, 0.1) is 12.8 Å². The van der Waals surface area contributed by atoms with Crippen LogP contribution in [0.2, 0.25) is 0 Å². The number of hydrogen-bond donors (Lipinski definition) is 1. The molecule has 2 atom stereocenters. The minimum absolute atomic E-state index is 0.233. The summed E-state index contributed by atoms with van der Waals surface area (Å²) in [5.41, 5.74) is 1.33. The Morgan fingerprint density at radius 1 is 1.27 bits per heavy atom. The van der Waals surface area contributed by atoms with Crippen molar-refractivity contribution in [3.8, 4) is 0 Å². The first-order chi connectivity index (χ1) is 12.3. The van der Waals surface area contributed by atoms with Crippen LogP contribution in [0.4, 0.5) is 5.69 Å². The number of sulfonamides is 1. The number of amides is 1. The number of aryl methyl sites for hydroxylation is 1. The van der Waals surface area contributed by atoms with Gasteiger partial charge in [-0.3, -0.25) is 9.10 Å². The van der Waals surface area contributed by atoms with Gasteiger partial charge in [0.25, 0.3) is 0 Å². The molecular weight excluding hydrogens is 352 g/mol. The summed E-state index contributed by atoms with van der Waals surface area (Å²) >= 11 is 0. The first-order valence-corrected chi connectivity index (χ1v) is 11.1. The van der Waals surface area contributed by atoms with Crippen molar-refractivity contribution in [3.05, 3.63) is 29.8 Å². The molecule has 2 unspecified atom stereocenters. The fraction of sp³-hybridized carbons (Fsp3) is 0.632. The third-order valence-corrected chi connectivity index (χ3v) is 5.99. The van der Waals surface area contributed by atoms with E-state index >= 15 is 0 Å². The summed E-state index contributed by atoms with van der Waals surface area (Å²) in [4.78, 5) is 12.2. The summed E-state index contributed by atoms with van der Waals surface area (Å²) < 4.78 is 31.2. The number of rotatable bonds is 8. The van der Waals surface area contributed by atoms with Crippen LogP contribution >= 0.6 is 0 Å². The lowest BCUT2D eigenvalue weighted by atomic mass is 9.88. The molecule has 146 valence electrons. The molecule has 1 fully saturated rings. The molecule has 0 spiro atoms. The molecule has 0 aliphatic heterocycles. The number of hydrogen-bond acceptors (Lipinski definition) is 4. The number of anilines is 1. The highest BCUT2D eigenvalue weighted by molar-refractivity contribution is 7.92. The number of carbonyl (C=O) groups excluding carboxylic acids is 1. The van der Waals surface area contributed by atoms with Gasteiger partial charge in [0.2, 0.25) is 15.9 Å². The first-order valence-electron chi connectivity index (χ1n) is 9.20. The Morgan fingerprint density at radius 2 is 1.96 bits per heavy atom. The molecule has 1 saturated carbocycles. The summed E-state index contributed by atoms with van der Waals surface area (Å²) in [6.45, 7) is 4.63. The van der Waals surface area contributed by atoms with Crippen molar-refractivity contribution < 1.29 is 17.9 Å². The van der Waals surface area contributed by atoms with Gasteiger partial charge in [0.1, 0.15) is 6.54 Å². The highest BCUT2D eigenvalue weighted by Gasteiger charge is 2.23. The zero-order valence-corrected chi connectivity index (χ0v) is 16.7. The Balaban J connectivity index is 1.85. The van der Waals surface area contributed by atoms with E-state index in [1.165, 1.54) is 19.3 Å². The number of nitrogens with one attached hydrogen (secondary N) is 1. The zero-order chi connectivity index (χ0) is 19.2. The van der Waals surface area contributed by atoms with Crippen LogP contribution in [0.5, 0.6) is 0 Å². The minimum atomic E-state index is -3.55. The lowest BCUT2D eigenvalue weighted by molar-refractivity contribution is -0.120. The molecule has 1 aromatic carbocycles. The van der Waals surface area contributed by atoms with Crippen molar-refractivity contribution in [2.24, 2.45) is 5.92 Å². The normalized spacial score (nSPS) is 20.6. The third-order valence-electron chi connectivity index (χ3n) is 4.86. The molecule has 26 heavy (non-hydrogen) atoms. The second-order valence-corrected chi connectivity index (χ2v) is 8.98. The number of nitrogens with zero attached hydrogens (tertiary/aromatic N) is 1. The molecular formula is C19H30N2O4S. The van der Waals surface area contributed by atoms with Crippen LogP contribution in [0.15, 0.2) is 24.3 Å². The molecule has 2 rings (SSSR count). The van der Waals surface area contributed by atoms with Crippen molar-refractivity contribution in [2.75, 3.05) is 30.3 Å². The molecule has 1 aliphatic carbocycles. The van der Waals surface area contributed by atoms with Crippen molar-refractivity contribution in [2.45, 2.75) is 45.6 Å². The lowest BCUT2D eigenvalue weighted by Gasteiger charge is -2.28. The topological polar surface area (TPSA) is 75.7 Å². The van der Waals surface area contributed by atoms with Crippen LogP contribution in [0.3, 0.4) is 0 Å². The molecule has 1 N–H and O–H groups in total. The van der Waals surface area contributed by atoms with E-state index in [0.717, 1.165) is 22.5 Å². The second-order valence-electron chi connectivity index (χ2n) is 7.08. The van der Waals surface area contributed by atoms with Gasteiger partial charge < -0.3 is 10.1 Å². The highest BCUT2D eigenvalue weighted by Crippen LogP contribution is 2.26. The van der Waals surface area contributed by atoms with Crippen molar-refractivity contribution in [1.82, 2.24) is 5.32 Å². The standard InChI is InChI=1S/C19H30N2O4S/c1-15-8-4-6-10-17(15)21(26(3,23)24)14-19(22)20-12-13-25-18-11-7-5-9-16(18)2/h4,6,8,10,16,18H,5,7,9,11-14H2,1-3H3,(H,20,22). The Morgan fingerprint density at radius 3 is 2.62 bits per heavy atom. The molecule has 1 aliphatic rings. The number of ether oxygens (including phenoxy) is 1.